The van der Waals surface area contributed by atoms with Gasteiger partial charge in [-0.1, -0.05) is 202 Å². The van der Waals surface area contributed by atoms with E-state index in [9.17, 15) is 0 Å². The molecular formula is C54H39N3. The van der Waals surface area contributed by atoms with Crippen molar-refractivity contribution in [2.75, 3.05) is 0 Å². The molecule has 0 saturated heterocycles. The summed E-state index contributed by atoms with van der Waals surface area (Å²) in [6, 6.07) is 70.8. The lowest BCUT2D eigenvalue weighted by Crippen LogP contribution is -2.14. The van der Waals surface area contributed by atoms with Gasteiger partial charge in [0, 0.05) is 22.1 Å². The molecule has 0 fully saturated rings. The zero-order chi connectivity index (χ0) is 38.3. The number of hydrogen-bond donors (Lipinski definition) is 0. The third-order valence-corrected chi connectivity index (χ3v) is 11.4. The molecule has 0 radical (unpaired) electrons. The summed E-state index contributed by atoms with van der Waals surface area (Å²) in [4.78, 5) is 15.3. The minimum Gasteiger partial charge on any atom is -0.208 e. The minimum atomic E-state index is -0.0257. The summed E-state index contributed by atoms with van der Waals surface area (Å²) in [5, 5.41) is 0. The first-order valence-corrected chi connectivity index (χ1v) is 19.5. The summed E-state index contributed by atoms with van der Waals surface area (Å²) in [6.07, 6.45) is 0. The molecule has 0 amide bonds. The maximum atomic E-state index is 5.09. The lowest BCUT2D eigenvalue weighted by atomic mass is 9.82. The second-order valence-electron chi connectivity index (χ2n) is 15.3. The Hall–Kier alpha value is -7.23. The minimum absolute atomic E-state index is 0.0257. The third-order valence-electron chi connectivity index (χ3n) is 11.4. The van der Waals surface area contributed by atoms with Gasteiger partial charge in [0.25, 0.3) is 0 Å². The lowest BCUT2D eigenvalue weighted by molar-refractivity contribution is 0.660. The molecule has 1 heterocycles. The highest BCUT2D eigenvalue weighted by Gasteiger charge is 2.36. The van der Waals surface area contributed by atoms with Crippen LogP contribution in [0.2, 0.25) is 0 Å². The Balaban J connectivity index is 1.01. The first-order valence-electron chi connectivity index (χ1n) is 19.5. The molecule has 1 aromatic heterocycles. The number of nitrogens with zero attached hydrogens (tertiary/aromatic N) is 3. The van der Waals surface area contributed by atoms with Crippen molar-refractivity contribution < 1.29 is 0 Å². The summed E-state index contributed by atoms with van der Waals surface area (Å²) < 4.78 is 0. The van der Waals surface area contributed by atoms with Crippen LogP contribution in [0, 0.1) is 0 Å². The summed E-state index contributed by atoms with van der Waals surface area (Å²) in [7, 11) is 0. The van der Waals surface area contributed by atoms with Crippen LogP contribution >= 0.6 is 0 Å². The average Bonchev–Trinajstić information content (AvgIpc) is 3.53. The van der Waals surface area contributed by atoms with Gasteiger partial charge in [-0.25, -0.2) is 15.0 Å². The van der Waals surface area contributed by atoms with E-state index in [1.807, 2.05) is 12.1 Å². The molecule has 9 aromatic rings. The highest BCUT2D eigenvalue weighted by molar-refractivity contribution is 5.93. The SMILES string of the molecule is CC1(C)c2ccccc2-c2c(-c3ccc(-c4ccc(-c5nc(-c6cccc(-c7ccccc7)c6)nc(-c6cccc(-c7ccccc7)c6)n5)cc4)cc3)cccc21. The van der Waals surface area contributed by atoms with E-state index in [-0.39, 0.29) is 5.41 Å². The van der Waals surface area contributed by atoms with Crippen LogP contribution in [-0.2, 0) is 5.41 Å². The van der Waals surface area contributed by atoms with E-state index >= 15 is 0 Å². The number of aromatic nitrogens is 3. The highest BCUT2D eigenvalue weighted by atomic mass is 15.0. The number of hydrogen-bond acceptors (Lipinski definition) is 3. The number of rotatable bonds is 7. The van der Waals surface area contributed by atoms with Crippen molar-refractivity contribution in [3.63, 3.8) is 0 Å². The van der Waals surface area contributed by atoms with Gasteiger partial charge in [-0.05, 0) is 78.9 Å². The van der Waals surface area contributed by atoms with Gasteiger partial charge >= 0.3 is 0 Å². The molecule has 0 saturated carbocycles. The fraction of sp³-hybridized carbons (Fsp3) is 0.0556. The first-order chi connectivity index (χ1) is 28.0. The Morgan fingerprint density at radius 1 is 0.281 bits per heavy atom. The molecular weight excluding hydrogens is 691 g/mol. The Kier molecular flexibility index (Phi) is 8.49. The predicted molar refractivity (Wildman–Crippen MR) is 235 cm³/mol. The van der Waals surface area contributed by atoms with E-state index in [1.54, 1.807) is 0 Å². The zero-order valence-corrected chi connectivity index (χ0v) is 31.9. The van der Waals surface area contributed by atoms with Crippen molar-refractivity contribution in [3.8, 4) is 89.8 Å². The maximum Gasteiger partial charge on any atom is 0.164 e. The van der Waals surface area contributed by atoms with Gasteiger partial charge in [0.15, 0.2) is 17.5 Å². The molecule has 0 atom stereocenters. The third kappa shape index (κ3) is 6.33. The maximum absolute atomic E-state index is 5.09. The molecule has 10 rings (SSSR count). The highest BCUT2D eigenvalue weighted by Crippen LogP contribution is 2.52. The van der Waals surface area contributed by atoms with Crippen LogP contribution in [0.15, 0.2) is 200 Å². The van der Waals surface area contributed by atoms with Crippen molar-refractivity contribution in [2.24, 2.45) is 0 Å². The van der Waals surface area contributed by atoms with E-state index in [1.165, 1.54) is 33.4 Å². The molecule has 0 aliphatic heterocycles. The second-order valence-corrected chi connectivity index (χ2v) is 15.3. The van der Waals surface area contributed by atoms with E-state index in [4.69, 9.17) is 15.0 Å². The average molecular weight is 730 g/mol. The van der Waals surface area contributed by atoms with Crippen LogP contribution in [0.4, 0.5) is 0 Å². The summed E-state index contributed by atoms with van der Waals surface area (Å²) >= 11 is 0. The van der Waals surface area contributed by atoms with Crippen molar-refractivity contribution >= 4 is 0 Å². The Labute approximate surface area is 334 Å². The van der Waals surface area contributed by atoms with Crippen molar-refractivity contribution in [1.82, 2.24) is 15.0 Å². The van der Waals surface area contributed by atoms with Crippen molar-refractivity contribution in [1.29, 1.82) is 0 Å². The molecule has 0 bridgehead atoms. The molecule has 57 heavy (non-hydrogen) atoms. The smallest absolute Gasteiger partial charge is 0.164 e. The first kappa shape index (κ1) is 34.3. The summed E-state index contributed by atoms with van der Waals surface area (Å²) in [5.74, 6) is 1.90. The fourth-order valence-electron chi connectivity index (χ4n) is 8.35. The molecule has 8 aromatic carbocycles. The molecule has 270 valence electrons. The van der Waals surface area contributed by atoms with Crippen molar-refractivity contribution in [2.45, 2.75) is 19.3 Å². The topological polar surface area (TPSA) is 38.7 Å². The van der Waals surface area contributed by atoms with Gasteiger partial charge in [-0.15, -0.1) is 0 Å². The largest absolute Gasteiger partial charge is 0.208 e. The van der Waals surface area contributed by atoms with Gasteiger partial charge in [0.05, 0.1) is 0 Å². The van der Waals surface area contributed by atoms with Gasteiger partial charge in [0.2, 0.25) is 0 Å². The predicted octanol–water partition coefficient (Wildman–Crippen LogP) is 13.8. The van der Waals surface area contributed by atoms with Crippen molar-refractivity contribution in [3.05, 3.63) is 211 Å². The summed E-state index contributed by atoms with van der Waals surface area (Å²) in [6.45, 7) is 4.67. The van der Waals surface area contributed by atoms with Gasteiger partial charge in [0.1, 0.15) is 0 Å². The van der Waals surface area contributed by atoms with E-state index in [0.29, 0.717) is 17.5 Å². The van der Waals surface area contributed by atoms with E-state index < -0.39 is 0 Å². The molecule has 3 nitrogen and oxygen atoms in total. The van der Waals surface area contributed by atoms with Gasteiger partial charge in [-0.3, -0.25) is 0 Å². The van der Waals surface area contributed by atoms with Crippen LogP contribution in [0.25, 0.3) is 89.8 Å². The summed E-state index contributed by atoms with van der Waals surface area (Å²) in [5.41, 5.74) is 17.6. The fourth-order valence-corrected chi connectivity index (χ4v) is 8.35. The lowest BCUT2D eigenvalue weighted by Gasteiger charge is -2.21. The van der Waals surface area contributed by atoms with Gasteiger partial charge in [-0.2, -0.15) is 0 Å². The molecule has 0 spiro atoms. The van der Waals surface area contributed by atoms with Crippen LogP contribution < -0.4 is 0 Å². The molecule has 1 aliphatic carbocycles. The quantitative estimate of drug-likeness (QED) is 0.164. The van der Waals surface area contributed by atoms with Crippen LogP contribution in [0.1, 0.15) is 25.0 Å². The molecule has 1 aliphatic rings. The number of benzene rings is 8. The van der Waals surface area contributed by atoms with E-state index in [0.717, 1.165) is 50.1 Å². The Morgan fingerprint density at radius 2 is 0.649 bits per heavy atom. The number of fused-ring (bicyclic) bond motifs is 3. The Morgan fingerprint density at radius 3 is 1.21 bits per heavy atom. The monoisotopic (exact) mass is 729 g/mol. The van der Waals surface area contributed by atoms with E-state index in [2.05, 4.69) is 202 Å². The van der Waals surface area contributed by atoms with Crippen LogP contribution in [0.5, 0.6) is 0 Å². The normalized spacial score (nSPS) is 12.5. The van der Waals surface area contributed by atoms with Crippen LogP contribution in [0.3, 0.4) is 0 Å². The molecule has 0 N–H and O–H groups in total. The molecule has 3 heteroatoms. The van der Waals surface area contributed by atoms with Gasteiger partial charge < -0.3 is 0 Å². The second kappa shape index (κ2) is 14.1. The standard InChI is InChI=1S/C54H39N3/c1-54(2)48-24-10-9-22-47(48)50-46(23-13-25-49(50)54)40-30-26-38(27-31-40)39-28-32-41(33-29-39)51-55-52(44-20-11-18-42(34-44)36-14-5-3-6-15-36)57-53(56-51)45-21-12-19-43(35-45)37-16-7-4-8-17-37/h3-35H,1-2H3. The Bertz CT molecular complexity index is 2790. The van der Waals surface area contributed by atoms with Crippen LogP contribution in [-0.4, -0.2) is 15.0 Å². The zero-order valence-electron chi connectivity index (χ0n) is 31.9. The molecule has 0 unspecified atom stereocenters.